The van der Waals surface area contributed by atoms with Crippen molar-refractivity contribution in [1.82, 2.24) is 5.32 Å². The number of carbonyl (C=O) groups excluding carboxylic acids is 1. The Morgan fingerprint density at radius 3 is 2.62 bits per heavy atom. The second-order valence-corrected chi connectivity index (χ2v) is 6.09. The molecule has 0 aliphatic rings. The molecule has 2 nitrogen and oxygen atoms in total. The molecule has 0 spiro atoms. The van der Waals surface area contributed by atoms with Gasteiger partial charge < -0.3 is 5.32 Å². The zero-order valence-electron chi connectivity index (χ0n) is 11.5. The van der Waals surface area contributed by atoms with Crippen molar-refractivity contribution in [3.8, 4) is 0 Å². The number of hydrogen-bond donors (Lipinski definition) is 1. The third-order valence-electron chi connectivity index (χ3n) is 2.87. The predicted molar refractivity (Wildman–Crippen MR) is 85.6 cm³/mol. The number of halogens is 2. The first-order valence-electron chi connectivity index (χ1n) is 6.49. The Morgan fingerprint density at radius 2 is 1.95 bits per heavy atom. The van der Waals surface area contributed by atoms with Crippen LogP contribution in [0.25, 0.3) is 0 Å². The highest BCUT2D eigenvalue weighted by molar-refractivity contribution is 7.99. The monoisotopic (exact) mass is 323 g/mol. The topological polar surface area (TPSA) is 29.1 Å². The fourth-order valence-corrected chi connectivity index (χ4v) is 2.79. The predicted octanol–water partition coefficient (Wildman–Crippen LogP) is 4.31. The maximum Gasteiger partial charge on any atom is 0.255 e. The lowest BCUT2D eigenvalue weighted by atomic mass is 10.2. The molecule has 1 N–H and O–H groups in total. The van der Waals surface area contributed by atoms with Gasteiger partial charge in [0.2, 0.25) is 0 Å². The van der Waals surface area contributed by atoms with Gasteiger partial charge in [-0.25, -0.2) is 4.39 Å². The molecule has 0 radical (unpaired) electrons. The Morgan fingerprint density at radius 1 is 1.24 bits per heavy atom. The number of nitrogens with one attached hydrogen (secondary N) is 1. The summed E-state index contributed by atoms with van der Waals surface area (Å²) in [5.41, 5.74) is 1.11. The second kappa shape index (κ2) is 7.48. The SMILES string of the molecule is Cc1ccc(SCCNC(=O)c2c(F)cccc2Cl)cc1. The molecule has 110 valence electrons. The molecule has 0 saturated heterocycles. The maximum absolute atomic E-state index is 13.6. The summed E-state index contributed by atoms with van der Waals surface area (Å²) in [6.07, 6.45) is 0. The summed E-state index contributed by atoms with van der Waals surface area (Å²) in [4.78, 5) is 13.0. The van der Waals surface area contributed by atoms with Crippen LogP contribution in [0.4, 0.5) is 4.39 Å². The molecule has 5 heteroatoms. The zero-order chi connectivity index (χ0) is 15.2. The molecule has 0 unspecified atom stereocenters. The normalized spacial score (nSPS) is 10.4. The van der Waals surface area contributed by atoms with Gasteiger partial charge in [0.05, 0.1) is 10.6 Å². The number of hydrogen-bond acceptors (Lipinski definition) is 2. The Bertz CT molecular complexity index is 610. The van der Waals surface area contributed by atoms with E-state index >= 15 is 0 Å². The van der Waals surface area contributed by atoms with E-state index in [0.717, 1.165) is 4.90 Å². The van der Waals surface area contributed by atoms with Crippen LogP contribution in [0.3, 0.4) is 0 Å². The van der Waals surface area contributed by atoms with Gasteiger partial charge in [-0.05, 0) is 31.2 Å². The number of thioether (sulfide) groups is 1. The van der Waals surface area contributed by atoms with E-state index < -0.39 is 11.7 Å². The smallest absolute Gasteiger partial charge is 0.255 e. The van der Waals surface area contributed by atoms with Crippen LogP contribution in [0.2, 0.25) is 5.02 Å². The van der Waals surface area contributed by atoms with Crippen LogP contribution < -0.4 is 5.32 Å². The van der Waals surface area contributed by atoms with Gasteiger partial charge in [-0.15, -0.1) is 11.8 Å². The van der Waals surface area contributed by atoms with Crippen molar-refractivity contribution in [2.75, 3.05) is 12.3 Å². The van der Waals surface area contributed by atoms with E-state index in [4.69, 9.17) is 11.6 Å². The third kappa shape index (κ3) is 4.48. The highest BCUT2D eigenvalue weighted by Gasteiger charge is 2.14. The zero-order valence-corrected chi connectivity index (χ0v) is 13.1. The quantitative estimate of drug-likeness (QED) is 0.656. The van der Waals surface area contributed by atoms with Crippen LogP contribution >= 0.6 is 23.4 Å². The van der Waals surface area contributed by atoms with E-state index in [0.29, 0.717) is 12.3 Å². The Labute approximate surface area is 132 Å². The molecule has 0 aliphatic carbocycles. The molecule has 2 rings (SSSR count). The van der Waals surface area contributed by atoms with Crippen LogP contribution in [0, 0.1) is 12.7 Å². The molecule has 0 aliphatic heterocycles. The fourth-order valence-electron chi connectivity index (χ4n) is 1.77. The number of rotatable bonds is 5. The fraction of sp³-hybridized carbons (Fsp3) is 0.188. The van der Waals surface area contributed by atoms with E-state index in [1.54, 1.807) is 11.8 Å². The molecular weight excluding hydrogens is 309 g/mol. The van der Waals surface area contributed by atoms with Crippen molar-refractivity contribution in [2.24, 2.45) is 0 Å². The number of aryl methyl sites for hydroxylation is 1. The van der Waals surface area contributed by atoms with Gasteiger partial charge >= 0.3 is 0 Å². The molecule has 2 aromatic rings. The van der Waals surface area contributed by atoms with Crippen molar-refractivity contribution in [1.29, 1.82) is 0 Å². The molecular formula is C16H15ClFNOS. The van der Waals surface area contributed by atoms with Gasteiger partial charge in [0.25, 0.3) is 5.91 Å². The molecule has 0 bridgehead atoms. The maximum atomic E-state index is 13.6. The summed E-state index contributed by atoms with van der Waals surface area (Å²) in [5.74, 6) is -0.380. The average Bonchev–Trinajstić information content (AvgIpc) is 2.45. The number of carbonyl (C=O) groups is 1. The highest BCUT2D eigenvalue weighted by atomic mass is 35.5. The minimum Gasteiger partial charge on any atom is -0.351 e. The van der Waals surface area contributed by atoms with Crippen molar-refractivity contribution in [2.45, 2.75) is 11.8 Å². The van der Waals surface area contributed by atoms with Crippen molar-refractivity contribution in [3.63, 3.8) is 0 Å². The van der Waals surface area contributed by atoms with Crippen LogP contribution in [0.5, 0.6) is 0 Å². The minimum atomic E-state index is -0.605. The van der Waals surface area contributed by atoms with Gasteiger partial charge in [0.1, 0.15) is 5.82 Å². The van der Waals surface area contributed by atoms with E-state index in [2.05, 4.69) is 5.32 Å². The third-order valence-corrected chi connectivity index (χ3v) is 4.20. The van der Waals surface area contributed by atoms with Gasteiger partial charge in [0, 0.05) is 17.2 Å². The summed E-state index contributed by atoms with van der Waals surface area (Å²) in [5, 5.41) is 2.80. The minimum absolute atomic E-state index is 0.0977. The largest absolute Gasteiger partial charge is 0.351 e. The molecule has 21 heavy (non-hydrogen) atoms. The molecule has 0 heterocycles. The van der Waals surface area contributed by atoms with Crippen molar-refractivity contribution >= 4 is 29.3 Å². The van der Waals surface area contributed by atoms with Gasteiger partial charge in [-0.2, -0.15) is 0 Å². The Balaban J connectivity index is 1.83. The second-order valence-electron chi connectivity index (χ2n) is 4.51. The molecule has 0 saturated carbocycles. The van der Waals surface area contributed by atoms with E-state index in [-0.39, 0.29) is 10.6 Å². The molecule has 1 amide bonds. The number of benzene rings is 2. The van der Waals surface area contributed by atoms with E-state index in [1.165, 1.54) is 23.8 Å². The van der Waals surface area contributed by atoms with Crippen LogP contribution in [-0.2, 0) is 0 Å². The first kappa shape index (κ1) is 15.9. The summed E-state index contributed by atoms with van der Waals surface area (Å²) < 4.78 is 13.6. The van der Waals surface area contributed by atoms with Crippen LogP contribution in [0.15, 0.2) is 47.4 Å². The highest BCUT2D eigenvalue weighted by Crippen LogP contribution is 2.19. The van der Waals surface area contributed by atoms with E-state index in [1.807, 2.05) is 31.2 Å². The summed E-state index contributed by atoms with van der Waals surface area (Å²) >= 11 is 7.48. The van der Waals surface area contributed by atoms with Crippen LogP contribution in [0.1, 0.15) is 15.9 Å². The Hall–Kier alpha value is -1.52. The molecule has 0 atom stereocenters. The first-order valence-corrected chi connectivity index (χ1v) is 7.86. The number of amides is 1. The van der Waals surface area contributed by atoms with Crippen molar-refractivity contribution < 1.29 is 9.18 Å². The van der Waals surface area contributed by atoms with Gasteiger partial charge in [-0.1, -0.05) is 35.4 Å². The lowest BCUT2D eigenvalue weighted by Crippen LogP contribution is -2.26. The van der Waals surface area contributed by atoms with E-state index in [9.17, 15) is 9.18 Å². The summed E-state index contributed by atoms with van der Waals surface area (Å²) in [6.45, 7) is 2.48. The van der Waals surface area contributed by atoms with Gasteiger partial charge in [0.15, 0.2) is 0 Å². The van der Waals surface area contributed by atoms with Crippen LogP contribution in [-0.4, -0.2) is 18.2 Å². The average molecular weight is 324 g/mol. The van der Waals surface area contributed by atoms with Gasteiger partial charge in [-0.3, -0.25) is 4.79 Å². The summed E-state index contributed by atoms with van der Waals surface area (Å²) in [6, 6.07) is 12.4. The lowest BCUT2D eigenvalue weighted by molar-refractivity contribution is 0.0952. The molecule has 2 aromatic carbocycles. The standard InChI is InChI=1S/C16H15ClFNOS/c1-11-5-7-12(8-6-11)21-10-9-19-16(20)15-13(17)3-2-4-14(15)18/h2-8H,9-10H2,1H3,(H,19,20). The lowest BCUT2D eigenvalue weighted by Gasteiger charge is -2.07. The summed E-state index contributed by atoms with van der Waals surface area (Å²) in [7, 11) is 0. The first-order chi connectivity index (χ1) is 10.1. The molecule has 0 aromatic heterocycles. The van der Waals surface area contributed by atoms with Crippen molar-refractivity contribution in [3.05, 3.63) is 64.4 Å². The molecule has 0 fully saturated rings. The Kier molecular flexibility index (Phi) is 5.65.